The highest BCUT2D eigenvalue weighted by Crippen LogP contribution is 2.52. The standard InChI is InChI=1S/C12H21N3O5S/c13-4-2-1-3-8(14)10(16)15-12(11(17)18)6-21(19,20)9-5-7(9)12/h7-9H,1-6,13-14H2,(H,15,16)(H,17,18)/t7-,8+,9+,12+/m1/s1. The van der Waals surface area contributed by atoms with Gasteiger partial charge in [0.15, 0.2) is 15.4 Å². The summed E-state index contributed by atoms with van der Waals surface area (Å²) in [7, 11) is -3.45. The molecule has 8 nitrogen and oxygen atoms in total. The fraction of sp³-hybridized carbons (Fsp3) is 0.833. The number of hydrogen-bond acceptors (Lipinski definition) is 6. The summed E-state index contributed by atoms with van der Waals surface area (Å²) in [5.74, 6) is -3.01. The molecule has 1 amide bonds. The summed E-state index contributed by atoms with van der Waals surface area (Å²) in [6.07, 6.45) is 2.07. The van der Waals surface area contributed by atoms with E-state index < -0.39 is 50.2 Å². The zero-order valence-corrected chi connectivity index (χ0v) is 12.4. The van der Waals surface area contributed by atoms with Crippen molar-refractivity contribution in [2.24, 2.45) is 17.4 Å². The molecule has 9 heteroatoms. The molecule has 1 saturated heterocycles. The average molecular weight is 319 g/mol. The molecule has 21 heavy (non-hydrogen) atoms. The Kier molecular flexibility index (Phi) is 4.27. The molecule has 2 rings (SSSR count). The van der Waals surface area contributed by atoms with Gasteiger partial charge in [-0.3, -0.25) is 4.79 Å². The number of hydrogen-bond donors (Lipinski definition) is 4. The highest BCUT2D eigenvalue weighted by Gasteiger charge is 2.70. The third kappa shape index (κ3) is 2.90. The van der Waals surface area contributed by atoms with Gasteiger partial charge < -0.3 is 21.9 Å². The first-order chi connectivity index (χ1) is 9.74. The Morgan fingerprint density at radius 1 is 1.38 bits per heavy atom. The molecule has 0 aromatic carbocycles. The monoisotopic (exact) mass is 319 g/mol. The van der Waals surface area contributed by atoms with E-state index in [-0.39, 0.29) is 6.42 Å². The Labute approximate surface area is 123 Å². The van der Waals surface area contributed by atoms with Crippen LogP contribution in [0.4, 0.5) is 0 Å². The largest absolute Gasteiger partial charge is 0.479 e. The number of aliphatic carboxylic acids is 1. The van der Waals surface area contributed by atoms with Crippen LogP contribution in [0.5, 0.6) is 0 Å². The molecule has 0 unspecified atom stereocenters. The predicted octanol–water partition coefficient (Wildman–Crippen LogP) is -1.80. The highest BCUT2D eigenvalue weighted by atomic mass is 32.2. The quantitative estimate of drug-likeness (QED) is 0.404. The van der Waals surface area contributed by atoms with Crippen LogP contribution in [-0.4, -0.2) is 54.5 Å². The van der Waals surface area contributed by atoms with Crippen molar-refractivity contribution in [1.29, 1.82) is 0 Å². The second kappa shape index (κ2) is 5.54. The van der Waals surface area contributed by atoms with E-state index in [0.717, 1.165) is 6.42 Å². The van der Waals surface area contributed by atoms with E-state index in [2.05, 4.69) is 5.32 Å². The maximum absolute atomic E-state index is 12.1. The first-order valence-electron chi connectivity index (χ1n) is 6.97. The third-order valence-corrected chi connectivity index (χ3v) is 6.59. The van der Waals surface area contributed by atoms with E-state index in [1.54, 1.807) is 0 Å². The Hall–Kier alpha value is -1.19. The lowest BCUT2D eigenvalue weighted by Gasteiger charge is -2.28. The summed E-state index contributed by atoms with van der Waals surface area (Å²) in [5.41, 5.74) is 9.36. The van der Waals surface area contributed by atoms with Crippen LogP contribution >= 0.6 is 0 Å². The number of nitrogens with one attached hydrogen (secondary N) is 1. The van der Waals surface area contributed by atoms with Crippen LogP contribution in [0.2, 0.25) is 0 Å². The fourth-order valence-corrected chi connectivity index (χ4v) is 5.47. The second-order valence-electron chi connectivity index (χ2n) is 5.84. The molecule has 4 atom stereocenters. The number of carboxylic acid groups (broad SMARTS) is 1. The Morgan fingerprint density at radius 3 is 2.48 bits per heavy atom. The molecule has 1 saturated carbocycles. The maximum atomic E-state index is 12.1. The number of carbonyl (C=O) groups is 2. The minimum atomic E-state index is -3.45. The Balaban J connectivity index is 2.05. The normalized spacial score (nSPS) is 34.0. The van der Waals surface area contributed by atoms with Gasteiger partial charge in [0.1, 0.15) is 0 Å². The van der Waals surface area contributed by atoms with Crippen molar-refractivity contribution in [2.75, 3.05) is 12.3 Å². The van der Waals surface area contributed by atoms with Crippen molar-refractivity contribution < 1.29 is 23.1 Å². The molecule has 1 heterocycles. The van der Waals surface area contributed by atoms with Gasteiger partial charge in [-0.15, -0.1) is 0 Å². The molecule has 0 radical (unpaired) electrons. The number of carboxylic acids is 1. The molecule has 1 aliphatic heterocycles. The molecule has 2 fully saturated rings. The number of amides is 1. The molecular weight excluding hydrogens is 298 g/mol. The van der Waals surface area contributed by atoms with Crippen LogP contribution in [0, 0.1) is 5.92 Å². The van der Waals surface area contributed by atoms with E-state index in [1.165, 1.54) is 0 Å². The molecule has 120 valence electrons. The smallest absolute Gasteiger partial charge is 0.330 e. The average Bonchev–Trinajstić information content (AvgIpc) is 3.14. The van der Waals surface area contributed by atoms with E-state index in [0.29, 0.717) is 19.4 Å². The summed E-state index contributed by atoms with van der Waals surface area (Å²) in [6.45, 7) is 0.495. The first-order valence-corrected chi connectivity index (χ1v) is 8.69. The summed E-state index contributed by atoms with van der Waals surface area (Å²) < 4.78 is 23.7. The zero-order chi connectivity index (χ0) is 15.8. The van der Waals surface area contributed by atoms with Gasteiger partial charge in [0, 0.05) is 5.92 Å². The van der Waals surface area contributed by atoms with Crippen LogP contribution < -0.4 is 16.8 Å². The van der Waals surface area contributed by atoms with Crippen molar-refractivity contribution in [3.63, 3.8) is 0 Å². The number of carbonyl (C=O) groups excluding carboxylic acids is 1. The fourth-order valence-electron chi connectivity index (χ4n) is 2.97. The minimum absolute atomic E-state index is 0.289. The zero-order valence-electron chi connectivity index (χ0n) is 11.6. The minimum Gasteiger partial charge on any atom is -0.479 e. The Morgan fingerprint density at radius 2 is 2.05 bits per heavy atom. The van der Waals surface area contributed by atoms with Gasteiger partial charge in [-0.2, -0.15) is 0 Å². The highest BCUT2D eigenvalue weighted by molar-refractivity contribution is 7.92. The van der Waals surface area contributed by atoms with E-state index in [9.17, 15) is 23.1 Å². The van der Waals surface area contributed by atoms with Crippen molar-refractivity contribution in [2.45, 2.75) is 42.5 Å². The SMILES string of the molecule is NCCCC[C@H](N)C(=O)N[C@@]1(C(=O)O)CS(=O)(=O)[C@H]2C[C@H]21. The van der Waals surface area contributed by atoms with Crippen LogP contribution in [0.15, 0.2) is 0 Å². The molecule has 1 aliphatic carbocycles. The van der Waals surface area contributed by atoms with Gasteiger partial charge in [-0.25, -0.2) is 13.2 Å². The lowest BCUT2D eigenvalue weighted by atomic mass is 9.95. The summed E-state index contributed by atoms with van der Waals surface area (Å²) in [5, 5.41) is 11.2. The van der Waals surface area contributed by atoms with E-state index in [1.807, 2.05) is 0 Å². The van der Waals surface area contributed by atoms with Crippen molar-refractivity contribution in [3.05, 3.63) is 0 Å². The molecule has 0 spiro atoms. The van der Waals surface area contributed by atoms with Gasteiger partial charge in [0.05, 0.1) is 17.0 Å². The van der Waals surface area contributed by atoms with Crippen molar-refractivity contribution in [3.8, 4) is 0 Å². The van der Waals surface area contributed by atoms with Crippen LogP contribution in [0.25, 0.3) is 0 Å². The topological polar surface area (TPSA) is 153 Å². The summed E-state index contributed by atoms with van der Waals surface area (Å²) in [4.78, 5) is 23.6. The number of nitrogens with two attached hydrogens (primary N) is 2. The lowest BCUT2D eigenvalue weighted by Crippen LogP contribution is -2.61. The maximum Gasteiger partial charge on any atom is 0.330 e. The second-order valence-corrected chi connectivity index (χ2v) is 8.06. The van der Waals surface area contributed by atoms with Gasteiger partial charge in [0.2, 0.25) is 5.91 Å². The molecule has 6 N–H and O–H groups in total. The first kappa shape index (κ1) is 16.2. The van der Waals surface area contributed by atoms with Crippen molar-refractivity contribution >= 4 is 21.7 Å². The van der Waals surface area contributed by atoms with Crippen LogP contribution in [0.3, 0.4) is 0 Å². The Bertz CT molecular complexity index is 549. The van der Waals surface area contributed by atoms with Crippen LogP contribution in [-0.2, 0) is 19.4 Å². The van der Waals surface area contributed by atoms with Crippen molar-refractivity contribution in [1.82, 2.24) is 5.32 Å². The number of unbranched alkanes of at least 4 members (excludes halogenated alkanes) is 1. The van der Waals surface area contributed by atoms with Gasteiger partial charge in [0.25, 0.3) is 0 Å². The third-order valence-electron chi connectivity index (χ3n) is 4.29. The summed E-state index contributed by atoms with van der Waals surface area (Å²) in [6, 6.07) is -0.853. The predicted molar refractivity (Wildman–Crippen MR) is 75.1 cm³/mol. The van der Waals surface area contributed by atoms with E-state index in [4.69, 9.17) is 11.5 Å². The number of rotatable bonds is 7. The van der Waals surface area contributed by atoms with Gasteiger partial charge in [-0.1, -0.05) is 6.42 Å². The molecule has 0 aromatic rings. The lowest BCUT2D eigenvalue weighted by molar-refractivity contribution is -0.147. The van der Waals surface area contributed by atoms with Gasteiger partial charge >= 0.3 is 5.97 Å². The summed E-state index contributed by atoms with van der Waals surface area (Å²) >= 11 is 0. The van der Waals surface area contributed by atoms with Crippen LogP contribution in [0.1, 0.15) is 25.7 Å². The van der Waals surface area contributed by atoms with Gasteiger partial charge in [-0.05, 0) is 25.8 Å². The molecule has 0 bridgehead atoms. The molecule has 0 aromatic heterocycles. The number of fused-ring (bicyclic) bond motifs is 1. The van der Waals surface area contributed by atoms with E-state index >= 15 is 0 Å². The number of sulfone groups is 1. The molecule has 2 aliphatic rings. The molecular formula is C12H21N3O5S.